The minimum atomic E-state index is -0.331. The number of hydrogen-bond acceptors (Lipinski definition) is 6. The first kappa shape index (κ1) is 13.5. The molecular formula is C12H21N3O3. The first-order chi connectivity index (χ1) is 8.69. The second-order valence-corrected chi connectivity index (χ2v) is 4.73. The minimum absolute atomic E-state index is 0.103. The number of rotatable bonds is 7. The predicted octanol–water partition coefficient (Wildman–Crippen LogP) is 1.22. The van der Waals surface area contributed by atoms with Crippen LogP contribution in [-0.2, 0) is 15.9 Å². The van der Waals surface area contributed by atoms with Crippen LogP contribution in [0.3, 0.4) is 0 Å². The van der Waals surface area contributed by atoms with Crippen molar-refractivity contribution in [1.82, 2.24) is 10.1 Å². The van der Waals surface area contributed by atoms with Crippen molar-refractivity contribution in [1.29, 1.82) is 0 Å². The maximum Gasteiger partial charge on any atom is 0.229 e. The van der Waals surface area contributed by atoms with Crippen molar-refractivity contribution in [3.8, 4) is 0 Å². The van der Waals surface area contributed by atoms with E-state index in [1.54, 1.807) is 7.11 Å². The minimum Gasteiger partial charge on any atom is -0.380 e. The molecule has 0 amide bonds. The van der Waals surface area contributed by atoms with Crippen LogP contribution in [-0.4, -0.2) is 36.1 Å². The van der Waals surface area contributed by atoms with E-state index in [9.17, 15) is 0 Å². The first-order valence-corrected chi connectivity index (χ1v) is 6.40. The summed E-state index contributed by atoms with van der Waals surface area (Å²) in [6.07, 6.45) is 3.95. The summed E-state index contributed by atoms with van der Waals surface area (Å²) in [6.45, 7) is 2.96. The fourth-order valence-corrected chi connectivity index (χ4v) is 2.11. The van der Waals surface area contributed by atoms with E-state index < -0.39 is 0 Å². The van der Waals surface area contributed by atoms with Gasteiger partial charge in [0.25, 0.3) is 0 Å². The summed E-state index contributed by atoms with van der Waals surface area (Å²) in [5.41, 5.74) is 5.79. The fourth-order valence-electron chi connectivity index (χ4n) is 2.11. The standard InChI is InChI=1S/C12H21N3O3/c1-3-17-8-9(13)11-14-10(18-15-11)7-12(16-2)5-4-6-12/h9H,3-8,13H2,1-2H3. The Morgan fingerprint density at radius 1 is 1.50 bits per heavy atom. The molecule has 1 aromatic rings. The molecule has 6 heteroatoms. The molecule has 0 bridgehead atoms. The summed E-state index contributed by atoms with van der Waals surface area (Å²) < 4.78 is 16.0. The van der Waals surface area contributed by atoms with Gasteiger partial charge >= 0.3 is 0 Å². The van der Waals surface area contributed by atoms with Crippen LogP contribution in [0.1, 0.15) is 43.9 Å². The average molecular weight is 255 g/mol. The van der Waals surface area contributed by atoms with Crippen LogP contribution in [0.5, 0.6) is 0 Å². The highest BCUT2D eigenvalue weighted by Crippen LogP contribution is 2.37. The smallest absolute Gasteiger partial charge is 0.229 e. The summed E-state index contributed by atoms with van der Waals surface area (Å²) in [6, 6.07) is -0.331. The Bertz CT molecular complexity index is 371. The zero-order chi connectivity index (χ0) is 13.0. The largest absolute Gasteiger partial charge is 0.380 e. The van der Waals surface area contributed by atoms with E-state index in [2.05, 4.69) is 10.1 Å². The van der Waals surface area contributed by atoms with Gasteiger partial charge < -0.3 is 19.7 Å². The van der Waals surface area contributed by atoms with E-state index in [-0.39, 0.29) is 11.6 Å². The quantitative estimate of drug-likeness (QED) is 0.788. The molecule has 2 N–H and O–H groups in total. The molecule has 1 atom stereocenters. The monoisotopic (exact) mass is 255 g/mol. The first-order valence-electron chi connectivity index (χ1n) is 6.40. The van der Waals surface area contributed by atoms with Crippen molar-refractivity contribution < 1.29 is 14.0 Å². The third-order valence-corrected chi connectivity index (χ3v) is 3.49. The molecule has 0 aromatic carbocycles. The maximum absolute atomic E-state index is 5.90. The molecule has 0 radical (unpaired) electrons. The summed E-state index contributed by atoms with van der Waals surface area (Å²) in [5, 5.41) is 3.90. The van der Waals surface area contributed by atoms with Crippen LogP contribution < -0.4 is 5.73 Å². The van der Waals surface area contributed by atoms with Crippen molar-refractivity contribution in [3.05, 3.63) is 11.7 Å². The van der Waals surface area contributed by atoms with Gasteiger partial charge in [0.15, 0.2) is 5.82 Å². The van der Waals surface area contributed by atoms with Gasteiger partial charge in [0.2, 0.25) is 5.89 Å². The lowest BCUT2D eigenvalue weighted by Crippen LogP contribution is -2.41. The van der Waals surface area contributed by atoms with Crippen LogP contribution in [0.2, 0.25) is 0 Å². The highest BCUT2D eigenvalue weighted by Gasteiger charge is 2.39. The molecule has 1 fully saturated rings. The second kappa shape index (κ2) is 5.77. The maximum atomic E-state index is 5.90. The van der Waals surface area contributed by atoms with Crippen LogP contribution in [0, 0.1) is 0 Å². The molecule has 6 nitrogen and oxygen atoms in total. The molecule has 102 valence electrons. The normalized spacial score (nSPS) is 19.5. The Labute approximate surface area is 107 Å². The van der Waals surface area contributed by atoms with Crippen LogP contribution in [0.25, 0.3) is 0 Å². The molecule has 2 rings (SSSR count). The van der Waals surface area contributed by atoms with Gasteiger partial charge in [0.05, 0.1) is 24.7 Å². The van der Waals surface area contributed by atoms with E-state index in [0.717, 1.165) is 12.8 Å². The lowest BCUT2D eigenvalue weighted by molar-refractivity contribution is -0.0751. The second-order valence-electron chi connectivity index (χ2n) is 4.73. The zero-order valence-electron chi connectivity index (χ0n) is 11.0. The molecule has 1 heterocycles. The van der Waals surface area contributed by atoms with Crippen molar-refractivity contribution in [2.75, 3.05) is 20.3 Å². The topological polar surface area (TPSA) is 83.4 Å². The van der Waals surface area contributed by atoms with Crippen molar-refractivity contribution in [2.24, 2.45) is 5.73 Å². The van der Waals surface area contributed by atoms with E-state index in [4.69, 9.17) is 19.7 Å². The van der Waals surface area contributed by atoms with E-state index in [1.165, 1.54) is 6.42 Å². The lowest BCUT2D eigenvalue weighted by Gasteiger charge is -2.39. The SMILES string of the molecule is CCOCC(N)c1noc(CC2(OC)CCC2)n1. The molecule has 1 aliphatic carbocycles. The Hall–Kier alpha value is -0.980. The van der Waals surface area contributed by atoms with Gasteiger partial charge in [0, 0.05) is 13.7 Å². The third-order valence-electron chi connectivity index (χ3n) is 3.49. The fraction of sp³-hybridized carbons (Fsp3) is 0.833. The molecule has 1 aliphatic rings. The van der Waals surface area contributed by atoms with Crippen LogP contribution >= 0.6 is 0 Å². The number of nitrogens with zero attached hydrogens (tertiary/aromatic N) is 2. The molecule has 1 aromatic heterocycles. The number of aromatic nitrogens is 2. The van der Waals surface area contributed by atoms with Gasteiger partial charge in [-0.1, -0.05) is 5.16 Å². The van der Waals surface area contributed by atoms with Gasteiger partial charge in [-0.05, 0) is 26.2 Å². The summed E-state index contributed by atoms with van der Waals surface area (Å²) in [5.74, 6) is 1.10. The lowest BCUT2D eigenvalue weighted by atomic mass is 9.77. The summed E-state index contributed by atoms with van der Waals surface area (Å²) >= 11 is 0. The molecule has 18 heavy (non-hydrogen) atoms. The Morgan fingerprint density at radius 2 is 2.28 bits per heavy atom. The summed E-state index contributed by atoms with van der Waals surface area (Å²) in [4.78, 5) is 4.32. The molecule has 0 spiro atoms. The van der Waals surface area contributed by atoms with Crippen LogP contribution in [0.4, 0.5) is 0 Å². The van der Waals surface area contributed by atoms with Crippen molar-refractivity contribution >= 4 is 0 Å². The summed E-state index contributed by atoms with van der Waals surface area (Å²) in [7, 11) is 1.73. The number of nitrogens with two attached hydrogens (primary N) is 1. The van der Waals surface area contributed by atoms with E-state index >= 15 is 0 Å². The number of methoxy groups -OCH3 is 1. The Kier molecular flexibility index (Phi) is 4.31. The van der Waals surface area contributed by atoms with E-state index in [1.807, 2.05) is 6.92 Å². The number of ether oxygens (including phenoxy) is 2. The van der Waals surface area contributed by atoms with E-state index in [0.29, 0.717) is 31.3 Å². The van der Waals surface area contributed by atoms with Crippen molar-refractivity contribution in [2.45, 2.75) is 44.2 Å². The molecule has 0 aliphatic heterocycles. The molecule has 1 unspecified atom stereocenters. The average Bonchev–Trinajstić information content (AvgIpc) is 2.79. The van der Waals surface area contributed by atoms with Gasteiger partial charge in [-0.15, -0.1) is 0 Å². The predicted molar refractivity (Wildman–Crippen MR) is 65.0 cm³/mol. The van der Waals surface area contributed by atoms with Gasteiger partial charge in [0.1, 0.15) is 0 Å². The van der Waals surface area contributed by atoms with Gasteiger partial charge in [-0.25, -0.2) is 0 Å². The van der Waals surface area contributed by atoms with Crippen LogP contribution in [0.15, 0.2) is 4.52 Å². The number of hydrogen-bond donors (Lipinski definition) is 1. The highest BCUT2D eigenvalue weighted by atomic mass is 16.5. The van der Waals surface area contributed by atoms with Gasteiger partial charge in [-0.3, -0.25) is 0 Å². The van der Waals surface area contributed by atoms with Gasteiger partial charge in [-0.2, -0.15) is 4.98 Å². The molecular weight excluding hydrogens is 234 g/mol. The Balaban J connectivity index is 1.93. The molecule has 1 saturated carbocycles. The zero-order valence-corrected chi connectivity index (χ0v) is 11.0. The van der Waals surface area contributed by atoms with Crippen molar-refractivity contribution in [3.63, 3.8) is 0 Å². The Morgan fingerprint density at radius 3 is 2.83 bits per heavy atom. The highest BCUT2D eigenvalue weighted by molar-refractivity contribution is 5.00. The molecule has 0 saturated heterocycles. The third kappa shape index (κ3) is 2.88.